The maximum atomic E-state index is 12.1. The van der Waals surface area contributed by atoms with E-state index in [-0.39, 0.29) is 11.7 Å². The van der Waals surface area contributed by atoms with Gasteiger partial charge in [0.15, 0.2) is 5.76 Å². The summed E-state index contributed by atoms with van der Waals surface area (Å²) in [6.45, 7) is 6.64. The molecule has 3 nitrogen and oxygen atoms in total. The van der Waals surface area contributed by atoms with Crippen LogP contribution in [0.25, 0.3) is 0 Å². The van der Waals surface area contributed by atoms with E-state index < -0.39 is 0 Å². The van der Waals surface area contributed by atoms with E-state index in [9.17, 15) is 4.79 Å². The van der Waals surface area contributed by atoms with Crippen LogP contribution in [-0.4, -0.2) is 19.4 Å². The summed E-state index contributed by atoms with van der Waals surface area (Å²) in [7, 11) is 1.86. The number of Topliss-reactive ketones (excluding diaryl/α,β-unsaturated/α-hetero) is 1. The van der Waals surface area contributed by atoms with Crippen molar-refractivity contribution in [1.82, 2.24) is 5.32 Å². The summed E-state index contributed by atoms with van der Waals surface area (Å²) in [4.78, 5) is 12.1. The van der Waals surface area contributed by atoms with Gasteiger partial charge in [-0.2, -0.15) is 0 Å². The molecule has 1 N–H and O–H groups in total. The third-order valence-corrected chi connectivity index (χ3v) is 2.55. The van der Waals surface area contributed by atoms with Crippen LogP contribution in [0.3, 0.4) is 0 Å². The molecule has 0 fully saturated rings. The van der Waals surface area contributed by atoms with Gasteiger partial charge in [0.25, 0.3) is 0 Å². The van der Waals surface area contributed by atoms with Crippen LogP contribution in [0.1, 0.15) is 30.2 Å². The molecule has 3 heteroatoms. The van der Waals surface area contributed by atoms with Crippen molar-refractivity contribution in [2.75, 3.05) is 13.6 Å². The fourth-order valence-corrected chi connectivity index (χ4v) is 1.60. The highest BCUT2D eigenvalue weighted by Gasteiger charge is 2.24. The fraction of sp³-hybridized carbons (Fsp3) is 0.583. The lowest BCUT2D eigenvalue weighted by molar-refractivity contribution is 0.0855. The van der Waals surface area contributed by atoms with Gasteiger partial charge >= 0.3 is 0 Å². The van der Waals surface area contributed by atoms with Gasteiger partial charge in [0.2, 0.25) is 5.78 Å². The second kappa shape index (κ2) is 5.12. The molecular weight excluding hydrogens is 190 g/mol. The maximum absolute atomic E-state index is 12.1. The summed E-state index contributed by atoms with van der Waals surface area (Å²) in [5.41, 5.74) is 0. The molecule has 15 heavy (non-hydrogen) atoms. The van der Waals surface area contributed by atoms with Crippen LogP contribution in [0, 0.1) is 18.8 Å². The van der Waals surface area contributed by atoms with E-state index in [4.69, 9.17) is 4.42 Å². The largest absolute Gasteiger partial charge is 0.458 e. The number of carbonyl (C=O) groups is 1. The third kappa shape index (κ3) is 2.93. The molecule has 0 aliphatic carbocycles. The lowest BCUT2D eigenvalue weighted by Crippen LogP contribution is -2.30. The second-order valence-corrected chi connectivity index (χ2v) is 4.18. The Morgan fingerprint density at radius 1 is 1.47 bits per heavy atom. The second-order valence-electron chi connectivity index (χ2n) is 4.18. The Morgan fingerprint density at radius 3 is 2.53 bits per heavy atom. The van der Waals surface area contributed by atoms with Crippen LogP contribution < -0.4 is 5.32 Å². The van der Waals surface area contributed by atoms with Crippen molar-refractivity contribution in [3.8, 4) is 0 Å². The molecule has 0 aliphatic heterocycles. The highest BCUT2D eigenvalue weighted by molar-refractivity contribution is 5.95. The number of ketones is 1. The standard InChI is InChI=1S/C12H19NO2/c1-8(2)10(7-13-4)12(14)11-6-5-9(3)15-11/h5-6,8,10,13H,7H2,1-4H3. The van der Waals surface area contributed by atoms with Crippen molar-refractivity contribution in [2.45, 2.75) is 20.8 Å². The molecule has 0 bridgehead atoms. The summed E-state index contributed by atoms with van der Waals surface area (Å²) in [5, 5.41) is 3.04. The Labute approximate surface area is 90.9 Å². The molecule has 0 amide bonds. The Morgan fingerprint density at radius 2 is 2.13 bits per heavy atom. The molecule has 0 saturated carbocycles. The maximum Gasteiger partial charge on any atom is 0.202 e. The van der Waals surface area contributed by atoms with Gasteiger partial charge in [0.1, 0.15) is 5.76 Å². The summed E-state index contributed by atoms with van der Waals surface area (Å²) in [6, 6.07) is 3.58. The molecular formula is C12H19NO2. The summed E-state index contributed by atoms with van der Waals surface area (Å²) >= 11 is 0. The van der Waals surface area contributed by atoms with Gasteiger partial charge in [-0.25, -0.2) is 0 Å². The first-order valence-electron chi connectivity index (χ1n) is 5.31. The molecule has 84 valence electrons. The number of carbonyl (C=O) groups excluding carboxylic acids is 1. The lowest BCUT2D eigenvalue weighted by atomic mass is 9.90. The summed E-state index contributed by atoms with van der Waals surface area (Å²) < 4.78 is 5.35. The van der Waals surface area contributed by atoms with Crippen molar-refractivity contribution in [1.29, 1.82) is 0 Å². The van der Waals surface area contributed by atoms with E-state index >= 15 is 0 Å². The molecule has 0 spiro atoms. The van der Waals surface area contributed by atoms with E-state index in [0.717, 1.165) is 5.76 Å². The van der Waals surface area contributed by atoms with Gasteiger partial charge in [-0.15, -0.1) is 0 Å². The van der Waals surface area contributed by atoms with Gasteiger partial charge in [0.05, 0.1) is 0 Å². The molecule has 1 rings (SSSR count). The highest BCUT2D eigenvalue weighted by atomic mass is 16.3. The molecule has 1 atom stereocenters. The highest BCUT2D eigenvalue weighted by Crippen LogP contribution is 2.18. The summed E-state index contributed by atoms with van der Waals surface area (Å²) in [6.07, 6.45) is 0. The average Bonchev–Trinajstić information content (AvgIpc) is 2.59. The van der Waals surface area contributed by atoms with Crippen LogP contribution in [0.15, 0.2) is 16.5 Å². The molecule has 0 aromatic carbocycles. The molecule has 0 saturated heterocycles. The molecule has 0 radical (unpaired) electrons. The van der Waals surface area contributed by atoms with Gasteiger partial charge in [0, 0.05) is 12.5 Å². The number of rotatable bonds is 5. The Bertz CT molecular complexity index is 328. The van der Waals surface area contributed by atoms with E-state index in [1.807, 2.05) is 20.0 Å². The minimum absolute atomic E-state index is 0.0134. The van der Waals surface area contributed by atoms with E-state index in [2.05, 4.69) is 19.2 Å². The van der Waals surface area contributed by atoms with Gasteiger partial charge in [-0.3, -0.25) is 4.79 Å². The number of hydrogen-bond acceptors (Lipinski definition) is 3. The van der Waals surface area contributed by atoms with Crippen LogP contribution in [-0.2, 0) is 0 Å². The van der Waals surface area contributed by atoms with E-state index in [0.29, 0.717) is 18.2 Å². The minimum Gasteiger partial charge on any atom is -0.458 e. The molecule has 0 aliphatic rings. The van der Waals surface area contributed by atoms with Crippen LogP contribution >= 0.6 is 0 Å². The van der Waals surface area contributed by atoms with Crippen molar-refractivity contribution < 1.29 is 9.21 Å². The average molecular weight is 209 g/mol. The van der Waals surface area contributed by atoms with Crippen LogP contribution in [0.5, 0.6) is 0 Å². The number of furan rings is 1. The number of aryl methyl sites for hydroxylation is 1. The Kier molecular flexibility index (Phi) is 4.09. The van der Waals surface area contributed by atoms with Crippen molar-refractivity contribution >= 4 is 5.78 Å². The first kappa shape index (κ1) is 12.0. The van der Waals surface area contributed by atoms with Crippen molar-refractivity contribution in [3.63, 3.8) is 0 Å². The topological polar surface area (TPSA) is 42.2 Å². The molecule has 1 aromatic rings. The van der Waals surface area contributed by atoms with Crippen LogP contribution in [0.2, 0.25) is 0 Å². The zero-order chi connectivity index (χ0) is 11.4. The van der Waals surface area contributed by atoms with Crippen molar-refractivity contribution in [2.24, 2.45) is 11.8 Å². The first-order valence-corrected chi connectivity index (χ1v) is 5.31. The summed E-state index contributed by atoms with van der Waals surface area (Å²) in [5.74, 6) is 1.65. The minimum atomic E-state index is -0.0134. The normalized spacial score (nSPS) is 13.1. The molecule has 1 heterocycles. The first-order chi connectivity index (χ1) is 7.06. The smallest absolute Gasteiger partial charge is 0.202 e. The van der Waals surface area contributed by atoms with Gasteiger partial charge in [-0.05, 0) is 32.0 Å². The van der Waals surface area contributed by atoms with Gasteiger partial charge in [-0.1, -0.05) is 13.8 Å². The van der Waals surface area contributed by atoms with Gasteiger partial charge < -0.3 is 9.73 Å². The molecule has 1 unspecified atom stereocenters. The predicted molar refractivity (Wildman–Crippen MR) is 60.0 cm³/mol. The fourth-order valence-electron chi connectivity index (χ4n) is 1.60. The zero-order valence-electron chi connectivity index (χ0n) is 9.83. The Hall–Kier alpha value is -1.09. The molecule has 1 aromatic heterocycles. The van der Waals surface area contributed by atoms with Crippen molar-refractivity contribution in [3.05, 3.63) is 23.7 Å². The monoisotopic (exact) mass is 209 g/mol. The number of hydrogen-bond donors (Lipinski definition) is 1. The predicted octanol–water partition coefficient (Wildman–Crippen LogP) is 2.26. The van der Waals surface area contributed by atoms with E-state index in [1.165, 1.54) is 0 Å². The lowest BCUT2D eigenvalue weighted by Gasteiger charge is -2.17. The Balaban J connectivity index is 2.80. The SMILES string of the molecule is CNCC(C(=O)c1ccc(C)o1)C(C)C. The van der Waals surface area contributed by atoms with E-state index in [1.54, 1.807) is 6.07 Å². The quantitative estimate of drug-likeness (QED) is 0.756. The van der Waals surface area contributed by atoms with Crippen LogP contribution in [0.4, 0.5) is 0 Å². The number of nitrogens with one attached hydrogen (secondary N) is 1. The third-order valence-electron chi connectivity index (χ3n) is 2.55. The zero-order valence-corrected chi connectivity index (χ0v) is 9.83.